The Kier molecular flexibility index (Phi) is 36.1. The fourth-order valence-electron chi connectivity index (χ4n) is 13.0. The molecule has 0 bridgehead atoms. The van der Waals surface area contributed by atoms with E-state index in [1.165, 1.54) is 27.8 Å². The monoisotopic (exact) mass is 1520 g/mol. The summed E-state index contributed by atoms with van der Waals surface area (Å²) >= 11 is 0. The summed E-state index contributed by atoms with van der Waals surface area (Å²) in [6.07, 6.45) is 7.36. The number of aryl methyl sites for hydroxylation is 3. The van der Waals surface area contributed by atoms with Crippen molar-refractivity contribution in [2.45, 2.75) is 113 Å². The number of nitrogens with zero attached hydrogens (tertiary/aromatic N) is 4. The van der Waals surface area contributed by atoms with Crippen molar-refractivity contribution in [2.75, 3.05) is 142 Å². The van der Waals surface area contributed by atoms with E-state index in [1.54, 1.807) is 43.4 Å². The average Bonchev–Trinajstić information content (AvgIpc) is 0.903. The molecule has 518 valence electrons. The SMILES string of the molecule is CCCNC(=O)C1CCC[N+](CC)(CC(=O)Nc2c(C)cccc2C(=O)OC)C1.CC[N+]1(CC(=O)Nc2c(C)cccc2C(=O)OC)CCCC(C(=O)N2CCCCC2)C1.CC[N+]1(CC(=O)Nc2c(C)cccc2C(=O)OC)CCCC(C(=O)NC)C1.O=C([O-])[O-].[I-].[I-]. The number of para-hydroxylation sites is 3. The summed E-state index contributed by atoms with van der Waals surface area (Å²) in [6, 6.07) is 15.8. The van der Waals surface area contributed by atoms with E-state index in [9.17, 15) is 43.2 Å². The van der Waals surface area contributed by atoms with Crippen LogP contribution in [0.1, 0.15) is 140 Å². The first-order chi connectivity index (χ1) is 43.3. The number of carbonyl (C=O) groups excluding carboxylic acids is 10. The molecule has 0 spiro atoms. The molecule has 5 N–H and O–H groups in total. The molecule has 0 saturated carbocycles. The summed E-state index contributed by atoms with van der Waals surface area (Å²) in [6.45, 7) is 24.1. The van der Waals surface area contributed by atoms with Crippen LogP contribution in [-0.2, 0) is 43.0 Å². The highest BCUT2D eigenvalue weighted by atomic mass is 127. The van der Waals surface area contributed by atoms with Gasteiger partial charge in [-0.3, -0.25) is 28.8 Å². The number of nitrogens with one attached hydrogen (secondary N) is 5. The Morgan fingerprint density at radius 2 is 0.817 bits per heavy atom. The van der Waals surface area contributed by atoms with Crippen LogP contribution >= 0.6 is 0 Å². The molecule has 4 heterocycles. The number of methoxy groups -OCH3 is 3. The lowest BCUT2D eigenvalue weighted by Crippen LogP contribution is -3.00. The molecule has 93 heavy (non-hydrogen) atoms. The number of esters is 3. The minimum atomic E-state index is -2.33. The molecule has 4 aliphatic rings. The maximum Gasteiger partial charge on any atom is 0.339 e. The third kappa shape index (κ3) is 24.7. The van der Waals surface area contributed by atoms with Gasteiger partial charge in [-0.2, -0.15) is 0 Å². The Morgan fingerprint density at radius 3 is 1.13 bits per heavy atom. The van der Waals surface area contributed by atoms with Gasteiger partial charge in [-0.25, -0.2) is 14.4 Å². The third-order valence-corrected chi connectivity index (χ3v) is 18.2. The van der Waals surface area contributed by atoms with Crippen LogP contribution in [0.25, 0.3) is 0 Å². The number of ether oxygens (including phenoxy) is 3. The van der Waals surface area contributed by atoms with Crippen LogP contribution < -0.4 is 84.8 Å². The Labute approximate surface area is 583 Å². The number of hydrogen-bond donors (Lipinski definition) is 5. The van der Waals surface area contributed by atoms with Crippen molar-refractivity contribution >= 4 is 76.6 Å². The zero-order valence-corrected chi connectivity index (χ0v) is 60.6. The molecule has 6 unspecified atom stereocenters. The van der Waals surface area contributed by atoms with Gasteiger partial charge in [0.05, 0.1) is 132 Å². The van der Waals surface area contributed by atoms with Crippen molar-refractivity contribution in [1.82, 2.24) is 15.5 Å². The highest BCUT2D eigenvalue weighted by Gasteiger charge is 2.42. The first-order valence-electron chi connectivity index (χ1n) is 32.0. The van der Waals surface area contributed by atoms with Crippen molar-refractivity contribution in [3.05, 3.63) is 88.0 Å². The van der Waals surface area contributed by atoms with E-state index in [0.717, 1.165) is 127 Å². The van der Waals surface area contributed by atoms with Crippen LogP contribution in [-0.4, -0.2) is 204 Å². The van der Waals surface area contributed by atoms with Crippen molar-refractivity contribution in [3.63, 3.8) is 0 Å². The number of anilines is 3. The number of carbonyl (C=O) groups is 10. The van der Waals surface area contributed by atoms with Gasteiger partial charge in [0.1, 0.15) is 0 Å². The highest BCUT2D eigenvalue weighted by Crippen LogP contribution is 2.31. The molecule has 26 heteroatoms. The van der Waals surface area contributed by atoms with E-state index in [-0.39, 0.29) is 114 Å². The predicted molar refractivity (Wildman–Crippen MR) is 341 cm³/mol. The molecule has 4 saturated heterocycles. The molecular formula is C67H100I2N9O15-. The number of quaternary nitrogens is 3. The van der Waals surface area contributed by atoms with Crippen LogP contribution in [0.2, 0.25) is 0 Å². The van der Waals surface area contributed by atoms with Crippen molar-refractivity contribution in [2.24, 2.45) is 17.8 Å². The summed E-state index contributed by atoms with van der Waals surface area (Å²) in [4.78, 5) is 123. The first kappa shape index (κ1) is 82.6. The Bertz CT molecular complexity index is 3020. The average molecular weight is 1530 g/mol. The number of hydrogen-bond acceptors (Lipinski definition) is 15. The van der Waals surface area contributed by atoms with E-state index >= 15 is 0 Å². The van der Waals surface area contributed by atoms with E-state index in [1.807, 2.05) is 57.7 Å². The van der Waals surface area contributed by atoms with Gasteiger partial charge in [-0.1, -0.05) is 43.3 Å². The number of halogens is 2. The number of likely N-dealkylation sites (N-methyl/N-ethyl adjacent to an activating group) is 3. The molecule has 3 aromatic carbocycles. The molecule has 4 fully saturated rings. The minimum absolute atomic E-state index is 0. The largest absolute Gasteiger partial charge is 1.00 e. The number of rotatable bonds is 20. The van der Waals surface area contributed by atoms with Crippen LogP contribution in [0.15, 0.2) is 54.6 Å². The zero-order chi connectivity index (χ0) is 67.5. The summed E-state index contributed by atoms with van der Waals surface area (Å²) in [5.41, 5.74) is 4.96. The van der Waals surface area contributed by atoms with Crippen molar-refractivity contribution in [1.29, 1.82) is 0 Å². The normalized spacial score (nSPS) is 21.2. The number of benzene rings is 3. The van der Waals surface area contributed by atoms with E-state index in [0.29, 0.717) is 79.9 Å². The highest BCUT2D eigenvalue weighted by molar-refractivity contribution is 6.04. The molecule has 0 aliphatic carbocycles. The first-order valence-corrected chi connectivity index (χ1v) is 32.0. The summed E-state index contributed by atoms with van der Waals surface area (Å²) in [5.74, 6) is -1.61. The molecule has 6 amide bonds. The summed E-state index contributed by atoms with van der Waals surface area (Å²) in [7, 11) is 5.63. The van der Waals surface area contributed by atoms with Crippen LogP contribution in [0.4, 0.5) is 21.9 Å². The van der Waals surface area contributed by atoms with E-state index < -0.39 is 24.1 Å². The molecule has 24 nitrogen and oxygen atoms in total. The predicted octanol–water partition coefficient (Wildman–Crippen LogP) is -1.25. The van der Waals surface area contributed by atoms with Gasteiger partial charge in [0.15, 0.2) is 19.6 Å². The van der Waals surface area contributed by atoms with Gasteiger partial charge in [0.2, 0.25) is 17.7 Å². The molecule has 0 aromatic heterocycles. The van der Waals surface area contributed by atoms with E-state index in [4.69, 9.17) is 29.2 Å². The van der Waals surface area contributed by atoms with E-state index in [2.05, 4.69) is 40.4 Å². The van der Waals surface area contributed by atoms with Gasteiger partial charge in [-0.05, 0) is 147 Å². The Morgan fingerprint density at radius 1 is 0.495 bits per heavy atom. The molecule has 6 atom stereocenters. The summed E-state index contributed by atoms with van der Waals surface area (Å²) in [5, 5.41) is 31.2. The van der Waals surface area contributed by atoms with Crippen LogP contribution in [0, 0.1) is 38.5 Å². The second-order valence-corrected chi connectivity index (χ2v) is 24.3. The van der Waals surface area contributed by atoms with Gasteiger partial charge in [0, 0.05) is 26.7 Å². The fourth-order valence-corrected chi connectivity index (χ4v) is 13.0. The third-order valence-electron chi connectivity index (χ3n) is 18.2. The summed E-state index contributed by atoms with van der Waals surface area (Å²) < 4.78 is 16.3. The number of carboxylic acid groups (broad SMARTS) is 2. The molecule has 0 radical (unpaired) electrons. The lowest BCUT2D eigenvalue weighted by atomic mass is 9.93. The molecule has 4 aliphatic heterocycles. The van der Waals surface area contributed by atoms with Crippen molar-refractivity contribution in [3.8, 4) is 0 Å². The molecular weight excluding hydrogens is 1420 g/mol. The van der Waals surface area contributed by atoms with Crippen LogP contribution in [0.5, 0.6) is 0 Å². The quantitative estimate of drug-likeness (QED) is 0.0382. The Hall–Kier alpha value is -6.50. The fraction of sp³-hybridized carbons (Fsp3) is 0.582. The number of likely N-dealkylation sites (tertiary alicyclic amines) is 4. The lowest BCUT2D eigenvalue weighted by Gasteiger charge is -2.44. The zero-order valence-electron chi connectivity index (χ0n) is 56.3. The van der Waals surface area contributed by atoms with Gasteiger partial charge >= 0.3 is 17.9 Å². The number of amides is 6. The second kappa shape index (κ2) is 40.7. The maximum atomic E-state index is 13.1. The standard InChI is InChI=1S/C24H35N3O4.C22H33N3O4.C20H29N3O4.CH2O3.2HI/c1-4-27(15-9-11-19(16-27)23(29)26-13-6-5-7-14-26)17-21(28)25-22-18(2)10-8-12-20(22)24(30)31-3;1-5-12-23-21(27)17-10-8-13-25(6-2,14-17)15-19(26)24-20-16(3)9-7-11-18(20)22(28)29-4;1-5-23(11-7-9-15(12-23)19(25)21-3)13-17(24)22-18-14(2)8-6-10-16(18)20(26)27-4;2-1(3)4;;/h8,10,12,19H,4-7,9,11,13-17H2,1-3H3;7,9,11,17H,5-6,8,10,12-15H2,1-4H3,(H-,23,24,26,27,28);6,8,10,15H,5,7,9,11-13H2,1-4H3,(H-,21,22,24,25,26);(H2,2,3,4);2*1H/p-1. The second-order valence-electron chi connectivity index (χ2n) is 24.3. The Balaban J connectivity index is 0.000000457. The van der Waals surface area contributed by atoms with Crippen molar-refractivity contribution < 1.29 is 134 Å². The van der Waals surface area contributed by atoms with Gasteiger partial charge in [-0.15, -0.1) is 0 Å². The molecule has 3 aromatic rings. The van der Waals surface area contributed by atoms with Crippen LogP contribution in [0.3, 0.4) is 0 Å². The van der Waals surface area contributed by atoms with Gasteiger partial charge < -0.3 is 122 Å². The smallest absolute Gasteiger partial charge is 0.339 e. The maximum absolute atomic E-state index is 13.1. The minimum Gasteiger partial charge on any atom is -1.00 e. The lowest BCUT2D eigenvalue weighted by molar-refractivity contribution is -0.925. The number of piperidine rings is 4. The topological polar surface area (TPSA) is 308 Å². The van der Waals surface area contributed by atoms with Gasteiger partial charge in [0.25, 0.3) is 17.7 Å². The molecule has 7 rings (SSSR count).